The highest BCUT2D eigenvalue weighted by Crippen LogP contribution is 2.42. The van der Waals surface area contributed by atoms with Crippen molar-refractivity contribution in [3.05, 3.63) is 0 Å². The first-order chi connectivity index (χ1) is 7.36. The van der Waals surface area contributed by atoms with Crippen molar-refractivity contribution < 1.29 is 49.2 Å². The first-order valence-electron chi connectivity index (χ1n) is 3.68. The molecule has 1 atom stereocenters. The van der Waals surface area contributed by atoms with Crippen LogP contribution in [0.15, 0.2) is 0 Å². The van der Waals surface area contributed by atoms with E-state index >= 15 is 0 Å². The molecular weight excluding hydrogens is 288 g/mol. The summed E-state index contributed by atoms with van der Waals surface area (Å²) in [6.45, 7) is -4.60. The van der Waals surface area contributed by atoms with Gasteiger partial charge in [0.15, 0.2) is 6.61 Å². The molecule has 0 aromatic heterocycles. The molecule has 0 aliphatic carbocycles. The number of hydrogen-bond donors (Lipinski definition) is 0. The normalized spacial score (nSPS) is 17.2. The molecule has 17 heavy (non-hydrogen) atoms. The number of rotatable bonds is 6. The van der Waals surface area contributed by atoms with Crippen molar-refractivity contribution in [2.45, 2.75) is 18.5 Å². The van der Waals surface area contributed by atoms with Gasteiger partial charge >= 0.3 is 18.5 Å². The summed E-state index contributed by atoms with van der Waals surface area (Å²) in [4.78, 5) is 10.5. The lowest BCUT2D eigenvalue weighted by molar-refractivity contribution is -0.248. The summed E-state index contributed by atoms with van der Waals surface area (Å²) in [7, 11) is -5.71. The zero-order valence-electron chi connectivity index (χ0n) is 7.72. The van der Waals surface area contributed by atoms with Gasteiger partial charge in [-0.2, -0.15) is 22.0 Å². The summed E-state index contributed by atoms with van der Waals surface area (Å²) >= 11 is 0. The van der Waals surface area contributed by atoms with E-state index in [4.69, 9.17) is 0 Å². The molecule has 0 aliphatic heterocycles. The molecule has 0 saturated heterocycles. The van der Waals surface area contributed by atoms with E-state index in [1.54, 1.807) is 0 Å². The number of alkyl halides is 7. The summed E-state index contributed by atoms with van der Waals surface area (Å²) in [6, 6.07) is 0. The fourth-order valence-corrected chi connectivity index (χ4v) is 1.13. The van der Waals surface area contributed by atoms with Crippen LogP contribution in [0.25, 0.3) is 0 Å². The van der Waals surface area contributed by atoms with Gasteiger partial charge in [0.05, 0.1) is 0 Å². The van der Waals surface area contributed by atoms with Crippen molar-refractivity contribution >= 4 is 7.82 Å². The van der Waals surface area contributed by atoms with E-state index in [9.17, 15) is 40.2 Å². The minimum Gasteiger partial charge on any atom is -0.756 e. The molecule has 0 spiro atoms. The Morgan fingerprint density at radius 1 is 1.06 bits per heavy atom. The van der Waals surface area contributed by atoms with Crippen molar-refractivity contribution in [3.63, 3.8) is 0 Å². The molecule has 104 valence electrons. The Bertz CT molecular complexity index is 290. The Morgan fingerprint density at radius 3 is 1.82 bits per heavy atom. The van der Waals surface area contributed by atoms with E-state index in [1.165, 1.54) is 0 Å². The van der Waals surface area contributed by atoms with Gasteiger partial charge in [0, 0.05) is 0 Å². The van der Waals surface area contributed by atoms with E-state index in [0.717, 1.165) is 0 Å². The second-order valence-corrected chi connectivity index (χ2v) is 4.08. The molecule has 12 heteroatoms. The molecular formula is C5H5F7O4P-. The van der Waals surface area contributed by atoms with Gasteiger partial charge in [-0.3, -0.25) is 4.57 Å². The Kier molecular flexibility index (Phi) is 5.38. The minimum atomic E-state index is -5.71. The molecule has 0 heterocycles. The number of hydrogen-bond acceptors (Lipinski definition) is 4. The molecule has 0 saturated carbocycles. The van der Waals surface area contributed by atoms with E-state index < -0.39 is 39.6 Å². The predicted molar refractivity (Wildman–Crippen MR) is 36.5 cm³/mol. The van der Waals surface area contributed by atoms with Gasteiger partial charge in [0.25, 0.3) is 7.82 Å². The smallest absolute Gasteiger partial charge is 0.412 e. The summed E-state index contributed by atoms with van der Waals surface area (Å²) < 4.78 is 98.6. The average Bonchev–Trinajstić information content (AvgIpc) is 2.11. The molecule has 0 bridgehead atoms. The van der Waals surface area contributed by atoms with E-state index in [1.807, 2.05) is 0 Å². The van der Waals surface area contributed by atoms with Crippen LogP contribution in [0.2, 0.25) is 0 Å². The van der Waals surface area contributed by atoms with Crippen LogP contribution >= 0.6 is 7.82 Å². The Labute approximate surface area is 89.9 Å². The molecule has 0 fully saturated rings. The topological polar surface area (TPSA) is 58.6 Å². The van der Waals surface area contributed by atoms with Crippen molar-refractivity contribution in [1.82, 2.24) is 0 Å². The third kappa shape index (κ3) is 7.53. The fourth-order valence-electron chi connectivity index (χ4n) is 0.418. The third-order valence-corrected chi connectivity index (χ3v) is 2.01. The largest absolute Gasteiger partial charge is 0.756 e. The second-order valence-electron chi connectivity index (χ2n) is 2.67. The lowest BCUT2D eigenvalue weighted by Crippen LogP contribution is -2.33. The van der Waals surface area contributed by atoms with Crippen molar-refractivity contribution in [2.24, 2.45) is 0 Å². The maximum absolute atomic E-state index is 12.1. The van der Waals surface area contributed by atoms with Crippen molar-refractivity contribution in [3.8, 4) is 0 Å². The molecule has 0 aliphatic rings. The van der Waals surface area contributed by atoms with Crippen LogP contribution in [0, 0.1) is 0 Å². The quantitative estimate of drug-likeness (QED) is 0.555. The molecule has 0 rings (SSSR count). The van der Waals surface area contributed by atoms with E-state index in [-0.39, 0.29) is 0 Å². The highest BCUT2D eigenvalue weighted by molar-refractivity contribution is 7.45. The van der Waals surface area contributed by atoms with Gasteiger partial charge in [-0.05, 0) is 0 Å². The minimum absolute atomic E-state index is 2.30. The lowest BCUT2D eigenvalue weighted by Gasteiger charge is -2.25. The SMILES string of the molecule is O=P([O-])(OCC(F)(F)F)OCC(F)(F)C(F)F. The van der Waals surface area contributed by atoms with Gasteiger partial charge in [0.1, 0.15) is 6.61 Å². The monoisotopic (exact) mass is 293 g/mol. The number of halogens is 7. The molecule has 0 aromatic carbocycles. The predicted octanol–water partition coefficient (Wildman–Crippen LogP) is 1.95. The number of phosphoric acid groups is 1. The average molecular weight is 293 g/mol. The lowest BCUT2D eigenvalue weighted by atomic mass is 10.4. The molecule has 4 nitrogen and oxygen atoms in total. The summed E-state index contributed by atoms with van der Waals surface area (Å²) in [5, 5.41) is 0. The molecule has 0 aromatic rings. The first-order valence-corrected chi connectivity index (χ1v) is 5.15. The maximum atomic E-state index is 12.1. The summed E-state index contributed by atoms with van der Waals surface area (Å²) in [5.74, 6) is -4.80. The third-order valence-electron chi connectivity index (χ3n) is 1.12. The van der Waals surface area contributed by atoms with Crippen LogP contribution in [-0.2, 0) is 13.6 Å². The van der Waals surface area contributed by atoms with E-state index in [0.29, 0.717) is 0 Å². The van der Waals surface area contributed by atoms with Gasteiger partial charge < -0.3 is 13.9 Å². The fraction of sp³-hybridized carbons (Fsp3) is 1.00. The van der Waals surface area contributed by atoms with Crippen LogP contribution in [0.3, 0.4) is 0 Å². The molecule has 0 amide bonds. The number of phosphoric ester groups is 1. The van der Waals surface area contributed by atoms with Gasteiger partial charge in [-0.1, -0.05) is 0 Å². The zero-order chi connectivity index (χ0) is 13.9. The highest BCUT2D eigenvalue weighted by atomic mass is 31.2. The Balaban J connectivity index is 4.24. The van der Waals surface area contributed by atoms with Crippen molar-refractivity contribution in [1.29, 1.82) is 0 Å². The summed E-state index contributed by atoms with van der Waals surface area (Å²) in [5.41, 5.74) is 0. The standard InChI is InChI=1S/C5H6F7O4P/c6-3(7)4(8,9)1-15-17(13,14)16-2-5(10,11)12/h3H,1-2H2,(H,13,14)/p-1. The summed E-state index contributed by atoms with van der Waals surface area (Å²) in [6.07, 6.45) is -9.25. The maximum Gasteiger partial charge on any atom is 0.412 e. The van der Waals surface area contributed by atoms with Crippen LogP contribution < -0.4 is 4.89 Å². The second kappa shape index (κ2) is 5.51. The van der Waals surface area contributed by atoms with Gasteiger partial charge in [-0.25, -0.2) is 8.78 Å². The first kappa shape index (κ1) is 16.6. The van der Waals surface area contributed by atoms with Crippen molar-refractivity contribution in [2.75, 3.05) is 13.2 Å². The Hall–Kier alpha value is -0.380. The zero-order valence-corrected chi connectivity index (χ0v) is 8.61. The highest BCUT2D eigenvalue weighted by Gasteiger charge is 2.42. The molecule has 0 radical (unpaired) electrons. The van der Waals surface area contributed by atoms with Crippen LogP contribution in [-0.4, -0.2) is 31.7 Å². The Morgan fingerprint density at radius 2 is 1.47 bits per heavy atom. The van der Waals surface area contributed by atoms with Gasteiger partial charge in [0.2, 0.25) is 0 Å². The van der Waals surface area contributed by atoms with E-state index in [2.05, 4.69) is 9.05 Å². The van der Waals surface area contributed by atoms with Crippen LogP contribution in [0.4, 0.5) is 30.7 Å². The molecule has 1 unspecified atom stereocenters. The van der Waals surface area contributed by atoms with Crippen LogP contribution in [0.5, 0.6) is 0 Å². The van der Waals surface area contributed by atoms with Crippen LogP contribution in [0.1, 0.15) is 0 Å². The van der Waals surface area contributed by atoms with Gasteiger partial charge in [-0.15, -0.1) is 0 Å². The molecule has 0 N–H and O–H groups in total.